The van der Waals surface area contributed by atoms with Crippen LogP contribution in [0, 0.1) is 6.92 Å². The highest BCUT2D eigenvalue weighted by Crippen LogP contribution is 2.27. The predicted molar refractivity (Wildman–Crippen MR) is 105 cm³/mol. The third-order valence-electron chi connectivity index (χ3n) is 3.33. The molecule has 2 aromatic rings. The molecule has 2 rings (SSSR count). The van der Waals surface area contributed by atoms with E-state index in [2.05, 4.69) is 26.0 Å². The van der Waals surface area contributed by atoms with Crippen LogP contribution < -0.4 is 10.0 Å². The first-order valence-corrected chi connectivity index (χ1v) is 10.1. The van der Waals surface area contributed by atoms with Crippen LogP contribution in [0.15, 0.2) is 45.8 Å². The second kappa shape index (κ2) is 7.38. The normalized spacial score (nSPS) is 12.0. The quantitative estimate of drug-likeness (QED) is 0.630. The largest absolute Gasteiger partial charge is 0.506 e. The summed E-state index contributed by atoms with van der Waals surface area (Å²) >= 11 is 3.26. The molecule has 26 heavy (non-hydrogen) atoms. The third kappa shape index (κ3) is 5.06. The molecule has 0 unspecified atom stereocenters. The average molecular weight is 441 g/mol. The lowest BCUT2D eigenvalue weighted by molar-refractivity contribution is 0.102. The number of hydrogen-bond donors (Lipinski definition) is 3. The van der Waals surface area contributed by atoms with Gasteiger partial charge in [0.2, 0.25) is 10.0 Å². The van der Waals surface area contributed by atoms with Crippen molar-refractivity contribution in [1.82, 2.24) is 4.72 Å². The van der Waals surface area contributed by atoms with Crippen LogP contribution in [0.2, 0.25) is 0 Å². The van der Waals surface area contributed by atoms with Gasteiger partial charge in [-0.1, -0.05) is 6.07 Å². The van der Waals surface area contributed by atoms with Gasteiger partial charge in [0.1, 0.15) is 5.75 Å². The molecule has 1 amide bonds. The number of carbonyl (C=O) groups is 1. The summed E-state index contributed by atoms with van der Waals surface area (Å²) in [7, 11) is -3.78. The molecule has 6 nitrogen and oxygen atoms in total. The van der Waals surface area contributed by atoms with Crippen molar-refractivity contribution in [2.45, 2.75) is 38.1 Å². The first-order chi connectivity index (χ1) is 11.9. The predicted octanol–water partition coefficient (Wildman–Crippen LogP) is 3.79. The van der Waals surface area contributed by atoms with Crippen LogP contribution in [0.4, 0.5) is 5.69 Å². The van der Waals surface area contributed by atoms with Crippen LogP contribution in [-0.2, 0) is 10.0 Å². The van der Waals surface area contributed by atoms with Gasteiger partial charge in [0.05, 0.1) is 16.1 Å². The fraction of sp³-hybridized carbons (Fsp3) is 0.278. The molecule has 8 heteroatoms. The molecule has 2 aromatic carbocycles. The standard InChI is InChI=1S/C18H21BrN2O4S/c1-11-5-8-15(16(22)9-11)20-17(23)13-10-12(6-7-14(13)19)26(24,25)21-18(2,3)4/h5-10,21-22H,1-4H3,(H,20,23). The fourth-order valence-corrected chi connectivity index (χ4v) is 4.12. The van der Waals surface area contributed by atoms with Crippen LogP contribution in [0.1, 0.15) is 36.7 Å². The summed E-state index contributed by atoms with van der Waals surface area (Å²) in [4.78, 5) is 12.5. The van der Waals surface area contributed by atoms with Gasteiger partial charge in [-0.2, -0.15) is 0 Å². The van der Waals surface area contributed by atoms with Gasteiger partial charge in [-0.05, 0) is 79.5 Å². The summed E-state index contributed by atoms with van der Waals surface area (Å²) in [5, 5.41) is 12.5. The first kappa shape index (κ1) is 20.4. The van der Waals surface area contributed by atoms with Crippen molar-refractivity contribution in [3.8, 4) is 5.75 Å². The van der Waals surface area contributed by atoms with Gasteiger partial charge in [0.15, 0.2) is 0 Å². The van der Waals surface area contributed by atoms with E-state index in [0.29, 0.717) is 4.47 Å². The van der Waals surface area contributed by atoms with Crippen molar-refractivity contribution in [2.75, 3.05) is 5.32 Å². The van der Waals surface area contributed by atoms with Crippen molar-refractivity contribution in [3.63, 3.8) is 0 Å². The minimum atomic E-state index is -3.78. The Morgan fingerprint density at radius 1 is 1.12 bits per heavy atom. The summed E-state index contributed by atoms with van der Waals surface area (Å²) in [6.07, 6.45) is 0. The molecule has 0 radical (unpaired) electrons. The Hall–Kier alpha value is -1.90. The maximum Gasteiger partial charge on any atom is 0.256 e. The van der Waals surface area contributed by atoms with Crippen LogP contribution in [0.25, 0.3) is 0 Å². The number of hydrogen-bond acceptors (Lipinski definition) is 4. The minimum absolute atomic E-state index is 0.0195. The Balaban J connectivity index is 2.36. The van der Waals surface area contributed by atoms with E-state index in [1.54, 1.807) is 32.9 Å². The zero-order chi connectivity index (χ0) is 19.7. The number of amides is 1. The minimum Gasteiger partial charge on any atom is -0.506 e. The van der Waals surface area contributed by atoms with Gasteiger partial charge in [-0.15, -0.1) is 0 Å². The Morgan fingerprint density at radius 2 is 1.77 bits per heavy atom. The zero-order valence-electron chi connectivity index (χ0n) is 14.9. The van der Waals surface area contributed by atoms with E-state index in [4.69, 9.17) is 0 Å². The lowest BCUT2D eigenvalue weighted by atomic mass is 10.1. The third-order valence-corrected chi connectivity index (χ3v) is 5.78. The summed E-state index contributed by atoms with van der Waals surface area (Å²) in [6, 6.07) is 9.06. The average Bonchev–Trinajstić information content (AvgIpc) is 2.47. The molecule has 0 saturated heterocycles. The number of halogens is 1. The molecule has 0 spiro atoms. The van der Waals surface area contributed by atoms with Crippen LogP contribution in [0.5, 0.6) is 5.75 Å². The summed E-state index contributed by atoms with van der Waals surface area (Å²) in [6.45, 7) is 7.02. The molecular formula is C18H21BrN2O4S. The van der Waals surface area contributed by atoms with Crippen LogP contribution in [0.3, 0.4) is 0 Å². The molecule has 140 valence electrons. The van der Waals surface area contributed by atoms with Gasteiger partial charge < -0.3 is 10.4 Å². The van der Waals surface area contributed by atoms with E-state index in [9.17, 15) is 18.3 Å². The lowest BCUT2D eigenvalue weighted by Crippen LogP contribution is -2.40. The highest BCUT2D eigenvalue weighted by molar-refractivity contribution is 9.10. The van der Waals surface area contributed by atoms with E-state index in [1.807, 2.05) is 6.92 Å². The number of phenolic OH excluding ortho intramolecular Hbond substituents is 1. The number of benzene rings is 2. The summed E-state index contributed by atoms with van der Waals surface area (Å²) < 4.78 is 28.0. The number of nitrogens with one attached hydrogen (secondary N) is 2. The van der Waals surface area contributed by atoms with Gasteiger partial charge in [0, 0.05) is 10.0 Å². The van der Waals surface area contributed by atoms with E-state index in [1.165, 1.54) is 24.3 Å². The zero-order valence-corrected chi connectivity index (χ0v) is 17.3. The maximum absolute atomic E-state index is 12.6. The number of rotatable bonds is 4. The van der Waals surface area contributed by atoms with Crippen molar-refractivity contribution >= 4 is 37.5 Å². The summed E-state index contributed by atoms with van der Waals surface area (Å²) in [5.74, 6) is -0.600. The smallest absolute Gasteiger partial charge is 0.256 e. The first-order valence-electron chi connectivity index (χ1n) is 7.83. The Bertz CT molecular complexity index is 950. The Kier molecular flexibility index (Phi) is 5.79. The second-order valence-corrected chi connectivity index (χ2v) is 9.51. The number of aromatic hydroxyl groups is 1. The van der Waals surface area contributed by atoms with E-state index in [0.717, 1.165) is 5.56 Å². The van der Waals surface area contributed by atoms with E-state index in [-0.39, 0.29) is 21.9 Å². The molecule has 0 aliphatic carbocycles. The monoisotopic (exact) mass is 440 g/mol. The maximum atomic E-state index is 12.6. The molecule has 3 N–H and O–H groups in total. The number of sulfonamides is 1. The van der Waals surface area contributed by atoms with Gasteiger partial charge in [-0.25, -0.2) is 13.1 Å². The highest BCUT2D eigenvalue weighted by atomic mass is 79.9. The second-order valence-electron chi connectivity index (χ2n) is 6.97. The van der Waals surface area contributed by atoms with Crippen LogP contribution in [-0.4, -0.2) is 25.0 Å². The number of aryl methyl sites for hydroxylation is 1. The number of phenols is 1. The summed E-state index contributed by atoms with van der Waals surface area (Å²) in [5.41, 5.74) is 0.584. The SMILES string of the molecule is Cc1ccc(NC(=O)c2cc(S(=O)(=O)NC(C)(C)C)ccc2Br)c(O)c1. The van der Waals surface area contributed by atoms with Crippen molar-refractivity contribution in [1.29, 1.82) is 0 Å². The highest BCUT2D eigenvalue weighted by Gasteiger charge is 2.24. The lowest BCUT2D eigenvalue weighted by Gasteiger charge is -2.20. The van der Waals surface area contributed by atoms with Crippen molar-refractivity contribution in [3.05, 3.63) is 52.0 Å². The molecule has 0 heterocycles. The molecular weight excluding hydrogens is 420 g/mol. The van der Waals surface area contributed by atoms with Gasteiger partial charge >= 0.3 is 0 Å². The molecule has 0 aliphatic heterocycles. The Morgan fingerprint density at radius 3 is 2.35 bits per heavy atom. The molecule has 0 saturated carbocycles. The molecule has 0 aliphatic rings. The molecule has 0 atom stereocenters. The van der Waals surface area contributed by atoms with E-state index >= 15 is 0 Å². The van der Waals surface area contributed by atoms with Crippen LogP contribution >= 0.6 is 15.9 Å². The number of carbonyl (C=O) groups excluding carboxylic acids is 1. The molecule has 0 bridgehead atoms. The molecule has 0 fully saturated rings. The van der Waals surface area contributed by atoms with Crippen molar-refractivity contribution < 1.29 is 18.3 Å². The topological polar surface area (TPSA) is 95.5 Å². The fourth-order valence-electron chi connectivity index (χ4n) is 2.24. The molecule has 0 aromatic heterocycles. The number of anilines is 1. The van der Waals surface area contributed by atoms with Gasteiger partial charge in [0.25, 0.3) is 5.91 Å². The Labute approximate surface area is 161 Å². The van der Waals surface area contributed by atoms with E-state index < -0.39 is 21.5 Å². The van der Waals surface area contributed by atoms with Crippen molar-refractivity contribution in [2.24, 2.45) is 0 Å². The van der Waals surface area contributed by atoms with Gasteiger partial charge in [-0.3, -0.25) is 4.79 Å².